The van der Waals surface area contributed by atoms with Crippen LogP contribution in [0, 0.1) is 5.21 Å². The summed E-state index contributed by atoms with van der Waals surface area (Å²) in [7, 11) is 0. The van der Waals surface area contributed by atoms with E-state index in [4.69, 9.17) is 0 Å². The van der Waals surface area contributed by atoms with E-state index in [-0.39, 0.29) is 12.2 Å². The SMILES string of the molecule is O=COc1ccc(Br)cc1[NH2+][O-]. The number of nitrogens with two attached hydrogens (primary N) is 1. The molecule has 4 nitrogen and oxygen atoms in total. The number of hydrogen-bond acceptors (Lipinski definition) is 3. The Bertz CT molecular complexity index is 290. The smallest absolute Gasteiger partial charge is 0.298 e. The number of hydrogen-bond donors (Lipinski definition) is 1. The second kappa shape index (κ2) is 4.20. The monoisotopic (exact) mass is 231 g/mol. The zero-order valence-corrected chi connectivity index (χ0v) is 7.58. The number of rotatable bonds is 3. The van der Waals surface area contributed by atoms with Crippen LogP contribution in [-0.4, -0.2) is 6.47 Å². The highest BCUT2D eigenvalue weighted by Gasteiger charge is 2.04. The lowest BCUT2D eigenvalue weighted by atomic mass is 10.3. The first-order valence-electron chi connectivity index (χ1n) is 3.13. The van der Waals surface area contributed by atoms with Gasteiger partial charge in [-0.05, 0) is 12.1 Å². The second-order valence-corrected chi connectivity index (χ2v) is 2.93. The van der Waals surface area contributed by atoms with Crippen molar-refractivity contribution in [2.45, 2.75) is 0 Å². The van der Waals surface area contributed by atoms with Gasteiger partial charge < -0.3 is 15.4 Å². The van der Waals surface area contributed by atoms with Crippen LogP contribution >= 0.6 is 15.9 Å². The van der Waals surface area contributed by atoms with E-state index < -0.39 is 0 Å². The molecule has 64 valence electrons. The number of halogens is 1. The van der Waals surface area contributed by atoms with Crippen LogP contribution in [0.1, 0.15) is 0 Å². The molecular formula is C7H6BrNO3. The average molecular weight is 232 g/mol. The normalized spacial score (nSPS) is 9.50. The highest BCUT2D eigenvalue weighted by atomic mass is 79.9. The Labute approximate surface area is 77.2 Å². The number of carbonyl (C=O) groups is 1. The van der Waals surface area contributed by atoms with Gasteiger partial charge in [0.2, 0.25) is 0 Å². The fraction of sp³-hybridized carbons (Fsp3) is 0. The van der Waals surface area contributed by atoms with Crippen LogP contribution in [-0.2, 0) is 4.79 Å². The average Bonchev–Trinajstić information content (AvgIpc) is 2.08. The Hall–Kier alpha value is -0.910. The molecule has 12 heavy (non-hydrogen) atoms. The molecule has 0 bridgehead atoms. The molecule has 0 atom stereocenters. The van der Waals surface area contributed by atoms with Gasteiger partial charge in [0, 0.05) is 10.5 Å². The summed E-state index contributed by atoms with van der Waals surface area (Å²) < 4.78 is 5.32. The maximum Gasteiger partial charge on any atom is 0.298 e. The van der Waals surface area contributed by atoms with Crippen molar-refractivity contribution >= 4 is 28.1 Å². The first kappa shape index (κ1) is 9.18. The molecule has 0 spiro atoms. The predicted molar refractivity (Wildman–Crippen MR) is 45.8 cm³/mol. The minimum absolute atomic E-state index is 0.267. The van der Waals surface area contributed by atoms with Crippen molar-refractivity contribution < 1.29 is 15.0 Å². The van der Waals surface area contributed by atoms with Gasteiger partial charge in [-0.1, -0.05) is 15.9 Å². The molecule has 0 heterocycles. The summed E-state index contributed by atoms with van der Waals surface area (Å²) in [6.45, 7) is 0.288. The molecule has 0 amide bonds. The molecule has 0 radical (unpaired) electrons. The Morgan fingerprint density at radius 2 is 2.33 bits per heavy atom. The number of ether oxygens (including phenoxy) is 1. The van der Waals surface area contributed by atoms with Gasteiger partial charge in [-0.3, -0.25) is 4.79 Å². The quantitative estimate of drug-likeness (QED) is 0.473. The molecule has 0 saturated heterocycles. The minimum atomic E-state index is 0.267. The lowest BCUT2D eigenvalue weighted by Crippen LogP contribution is -2.70. The van der Waals surface area contributed by atoms with Crippen molar-refractivity contribution in [1.82, 2.24) is 0 Å². The first-order valence-corrected chi connectivity index (χ1v) is 3.92. The number of carbonyl (C=O) groups excluding carboxylic acids is 1. The topological polar surface area (TPSA) is 66.0 Å². The van der Waals surface area contributed by atoms with Gasteiger partial charge in [-0.25, -0.2) is 0 Å². The van der Waals surface area contributed by atoms with Crippen molar-refractivity contribution in [3.05, 3.63) is 27.9 Å². The van der Waals surface area contributed by atoms with E-state index in [2.05, 4.69) is 20.7 Å². The van der Waals surface area contributed by atoms with Gasteiger partial charge in [0.1, 0.15) is 0 Å². The van der Waals surface area contributed by atoms with Crippen molar-refractivity contribution in [1.29, 1.82) is 0 Å². The lowest BCUT2D eigenvalue weighted by molar-refractivity contribution is -0.497. The fourth-order valence-electron chi connectivity index (χ4n) is 0.771. The summed E-state index contributed by atoms with van der Waals surface area (Å²) in [6, 6.07) is 4.81. The third kappa shape index (κ3) is 2.04. The molecule has 0 aliphatic carbocycles. The standard InChI is InChI=1S/C7H6BrNO3/c8-5-1-2-7(12-4-10)6(3-5)9-11/h1-4H,9H2. The summed E-state index contributed by atoms with van der Waals surface area (Å²) in [5.41, 5.74) is 0.973. The van der Waals surface area contributed by atoms with Gasteiger partial charge in [-0.15, -0.1) is 0 Å². The second-order valence-electron chi connectivity index (χ2n) is 2.01. The van der Waals surface area contributed by atoms with E-state index in [0.717, 1.165) is 4.47 Å². The highest BCUT2D eigenvalue weighted by Crippen LogP contribution is 2.23. The Morgan fingerprint density at radius 3 is 2.92 bits per heavy atom. The molecular weight excluding hydrogens is 226 g/mol. The van der Waals surface area contributed by atoms with Crippen LogP contribution in [0.25, 0.3) is 0 Å². The summed E-state index contributed by atoms with van der Waals surface area (Å²) in [5.74, 6) is 0.267. The van der Waals surface area contributed by atoms with Crippen molar-refractivity contribution in [3.8, 4) is 5.75 Å². The Balaban J connectivity index is 3.01. The van der Waals surface area contributed by atoms with Crippen molar-refractivity contribution in [3.63, 3.8) is 0 Å². The molecule has 1 aromatic rings. The molecule has 0 saturated carbocycles. The summed E-state index contributed by atoms with van der Waals surface area (Å²) in [4.78, 5) is 9.98. The Morgan fingerprint density at radius 1 is 1.58 bits per heavy atom. The van der Waals surface area contributed by atoms with E-state index in [0.29, 0.717) is 11.2 Å². The van der Waals surface area contributed by atoms with Gasteiger partial charge in [0.15, 0.2) is 11.4 Å². The van der Waals surface area contributed by atoms with Gasteiger partial charge in [0.05, 0.1) is 0 Å². The van der Waals surface area contributed by atoms with Crippen molar-refractivity contribution in [2.75, 3.05) is 0 Å². The summed E-state index contributed by atoms with van der Waals surface area (Å²) in [6.07, 6.45) is 0. The Kier molecular flexibility index (Phi) is 3.21. The van der Waals surface area contributed by atoms with E-state index in [9.17, 15) is 10.0 Å². The van der Waals surface area contributed by atoms with E-state index >= 15 is 0 Å². The van der Waals surface area contributed by atoms with E-state index in [1.54, 1.807) is 18.2 Å². The fourth-order valence-corrected chi connectivity index (χ4v) is 1.15. The van der Waals surface area contributed by atoms with Crippen LogP contribution in [0.4, 0.5) is 5.69 Å². The summed E-state index contributed by atoms with van der Waals surface area (Å²) >= 11 is 3.19. The zero-order chi connectivity index (χ0) is 8.97. The third-order valence-corrected chi connectivity index (χ3v) is 1.77. The van der Waals surface area contributed by atoms with E-state index in [1.165, 1.54) is 0 Å². The first-order chi connectivity index (χ1) is 5.77. The van der Waals surface area contributed by atoms with Crippen LogP contribution in [0.2, 0.25) is 0 Å². The highest BCUT2D eigenvalue weighted by molar-refractivity contribution is 9.10. The van der Waals surface area contributed by atoms with E-state index in [1.807, 2.05) is 0 Å². The number of quaternary nitrogens is 1. The minimum Gasteiger partial charge on any atom is -0.630 e. The predicted octanol–water partition coefficient (Wildman–Crippen LogP) is 0.677. The number of benzene rings is 1. The molecule has 5 heteroatoms. The molecule has 0 unspecified atom stereocenters. The molecule has 0 fully saturated rings. The van der Waals surface area contributed by atoms with Crippen LogP contribution in [0.15, 0.2) is 22.7 Å². The van der Waals surface area contributed by atoms with Crippen LogP contribution in [0.3, 0.4) is 0 Å². The molecule has 0 aromatic heterocycles. The van der Waals surface area contributed by atoms with Crippen LogP contribution < -0.4 is 10.2 Å². The van der Waals surface area contributed by atoms with Gasteiger partial charge in [0.25, 0.3) is 6.47 Å². The third-order valence-electron chi connectivity index (χ3n) is 1.27. The molecule has 1 aromatic carbocycles. The van der Waals surface area contributed by atoms with Crippen LogP contribution in [0.5, 0.6) is 5.75 Å². The largest absolute Gasteiger partial charge is 0.630 e. The van der Waals surface area contributed by atoms with Crippen molar-refractivity contribution in [2.24, 2.45) is 0 Å². The molecule has 1 rings (SSSR count). The maximum absolute atomic E-state index is 10.4. The molecule has 2 N–H and O–H groups in total. The lowest BCUT2D eigenvalue weighted by Gasteiger charge is -2.06. The summed E-state index contributed by atoms with van der Waals surface area (Å²) in [5, 5.41) is 10.4. The maximum atomic E-state index is 10.4. The van der Waals surface area contributed by atoms with Gasteiger partial charge in [-0.2, -0.15) is 0 Å². The van der Waals surface area contributed by atoms with Gasteiger partial charge >= 0.3 is 0 Å². The zero-order valence-electron chi connectivity index (χ0n) is 5.99. The molecule has 0 aliphatic heterocycles. The molecule has 0 aliphatic rings.